The molecule has 0 amide bonds. The Balaban J connectivity index is 3.41. The number of nitrogens with zero attached hydrogens (tertiary/aromatic N) is 2. The van der Waals surface area contributed by atoms with Crippen molar-refractivity contribution < 1.29 is 18.3 Å². The second-order valence-electron chi connectivity index (χ2n) is 3.62. The van der Waals surface area contributed by atoms with Crippen molar-refractivity contribution in [3.63, 3.8) is 0 Å². The van der Waals surface area contributed by atoms with Gasteiger partial charge in [0.2, 0.25) is 10.0 Å². The van der Waals surface area contributed by atoms with Crippen molar-refractivity contribution in [3.05, 3.63) is 28.8 Å². The van der Waals surface area contributed by atoms with Crippen LogP contribution in [0.4, 0.5) is 0 Å². The number of benzene rings is 1. The monoisotopic (exact) mass is 312 g/mol. The van der Waals surface area contributed by atoms with E-state index in [0.29, 0.717) is 4.31 Å². The first kappa shape index (κ1) is 16.0. The van der Waals surface area contributed by atoms with Crippen LogP contribution in [0.3, 0.4) is 0 Å². The van der Waals surface area contributed by atoms with Gasteiger partial charge >= 0.3 is 5.97 Å². The molecule has 0 bridgehead atoms. The molecule has 104 valence electrons. The lowest BCUT2D eigenvalue weighted by molar-refractivity contribution is -0.137. The fourth-order valence-electron chi connectivity index (χ4n) is 1.42. The summed E-state index contributed by atoms with van der Waals surface area (Å²) in [6.45, 7) is -1.23. The summed E-state index contributed by atoms with van der Waals surface area (Å²) in [5, 5.41) is 17.8. The Morgan fingerprint density at radius 3 is 2.65 bits per heavy atom. The van der Waals surface area contributed by atoms with Gasteiger partial charge in [-0.1, -0.05) is 17.5 Å². The molecule has 0 aliphatic heterocycles. The number of sulfonamides is 1. The van der Waals surface area contributed by atoms with Crippen molar-refractivity contribution in [2.24, 2.45) is 0 Å². The van der Waals surface area contributed by atoms with Crippen molar-refractivity contribution in [1.82, 2.24) is 4.31 Å². The number of hydrogen-bond acceptors (Lipinski definition) is 4. The third-order valence-electron chi connectivity index (χ3n) is 2.26. The van der Waals surface area contributed by atoms with Crippen LogP contribution in [-0.4, -0.2) is 36.9 Å². The molecule has 0 aliphatic rings. The molecule has 0 radical (unpaired) electrons. The smallest absolute Gasteiger partial charge is 0.318 e. The van der Waals surface area contributed by atoms with E-state index < -0.39 is 29.1 Å². The van der Waals surface area contributed by atoms with Gasteiger partial charge in [-0.25, -0.2) is 8.42 Å². The molecule has 6 nitrogen and oxygen atoms in total. The van der Waals surface area contributed by atoms with E-state index in [9.17, 15) is 13.2 Å². The molecule has 0 unspecified atom stereocenters. The Bertz CT molecular complexity index is 716. The number of carboxylic acid groups (broad SMARTS) is 1. The van der Waals surface area contributed by atoms with Crippen LogP contribution in [0.5, 0.6) is 0 Å². The van der Waals surface area contributed by atoms with Gasteiger partial charge in [0.05, 0.1) is 12.1 Å². The molecule has 1 N–H and O–H groups in total. The molecule has 0 spiro atoms. The van der Waals surface area contributed by atoms with Gasteiger partial charge in [-0.3, -0.25) is 4.79 Å². The minimum atomic E-state index is -4.22. The predicted octanol–water partition coefficient (Wildman–Crippen LogP) is 0.920. The largest absolute Gasteiger partial charge is 0.480 e. The third kappa shape index (κ3) is 3.49. The first-order valence-corrected chi connectivity index (χ1v) is 6.99. The molecule has 8 heteroatoms. The molecular weight excluding hydrogens is 304 g/mol. The number of aliphatic carboxylic acids is 1. The molecule has 0 saturated carbocycles. The van der Waals surface area contributed by atoms with Crippen molar-refractivity contribution in [1.29, 1.82) is 5.26 Å². The lowest BCUT2D eigenvalue weighted by atomic mass is 10.2. The number of rotatable bonds is 5. The highest BCUT2D eigenvalue weighted by atomic mass is 35.5. The second kappa shape index (κ2) is 6.40. The zero-order valence-corrected chi connectivity index (χ0v) is 11.6. The molecular formula is C12H9ClN2O4S. The van der Waals surface area contributed by atoms with E-state index in [0.717, 1.165) is 6.07 Å². The van der Waals surface area contributed by atoms with Crippen LogP contribution in [0.1, 0.15) is 5.56 Å². The van der Waals surface area contributed by atoms with E-state index in [-0.39, 0.29) is 15.5 Å². The van der Waals surface area contributed by atoms with Crippen molar-refractivity contribution in [3.8, 4) is 18.4 Å². The highest BCUT2D eigenvalue weighted by molar-refractivity contribution is 7.89. The molecule has 1 aromatic rings. The fraction of sp³-hybridized carbons (Fsp3) is 0.167. The van der Waals surface area contributed by atoms with E-state index in [1.54, 1.807) is 6.07 Å². The van der Waals surface area contributed by atoms with E-state index in [2.05, 4.69) is 5.92 Å². The van der Waals surface area contributed by atoms with Crippen LogP contribution in [-0.2, 0) is 14.8 Å². The number of carboxylic acids is 1. The van der Waals surface area contributed by atoms with Gasteiger partial charge in [0.25, 0.3) is 0 Å². The van der Waals surface area contributed by atoms with Gasteiger partial charge in [0.15, 0.2) is 0 Å². The van der Waals surface area contributed by atoms with Gasteiger partial charge < -0.3 is 5.11 Å². The SMILES string of the molecule is C#CCN(CC(=O)O)S(=O)(=O)c1cc(Cl)ccc1C#N. The number of carbonyl (C=O) groups is 1. The van der Waals surface area contributed by atoms with Crippen LogP contribution < -0.4 is 0 Å². The summed E-state index contributed by atoms with van der Waals surface area (Å²) in [5.74, 6) is 0.712. The summed E-state index contributed by atoms with van der Waals surface area (Å²) in [7, 11) is -4.22. The topological polar surface area (TPSA) is 98.5 Å². The van der Waals surface area contributed by atoms with Crippen LogP contribution in [0.15, 0.2) is 23.1 Å². The van der Waals surface area contributed by atoms with Gasteiger partial charge in [-0.15, -0.1) is 6.42 Å². The maximum atomic E-state index is 12.3. The zero-order valence-electron chi connectivity index (χ0n) is 10.1. The van der Waals surface area contributed by atoms with E-state index >= 15 is 0 Å². The Morgan fingerprint density at radius 2 is 2.15 bits per heavy atom. The molecule has 0 saturated heterocycles. The van der Waals surface area contributed by atoms with Gasteiger partial charge in [-0.05, 0) is 18.2 Å². The molecule has 0 atom stereocenters. The Kier molecular flexibility index (Phi) is 5.12. The highest BCUT2D eigenvalue weighted by Gasteiger charge is 2.28. The summed E-state index contributed by atoms with van der Waals surface area (Å²) in [6.07, 6.45) is 5.04. The van der Waals surface area contributed by atoms with E-state index in [4.69, 9.17) is 28.4 Å². The second-order valence-corrected chi connectivity index (χ2v) is 5.97. The molecule has 0 heterocycles. The van der Waals surface area contributed by atoms with Gasteiger partial charge in [0.1, 0.15) is 17.5 Å². The molecule has 0 aromatic heterocycles. The van der Waals surface area contributed by atoms with Gasteiger partial charge in [0, 0.05) is 5.02 Å². The summed E-state index contributed by atoms with van der Waals surface area (Å²) in [4.78, 5) is 10.3. The predicted molar refractivity (Wildman–Crippen MR) is 71.4 cm³/mol. The maximum Gasteiger partial charge on any atom is 0.318 e. The summed E-state index contributed by atoms with van der Waals surface area (Å²) in [5.41, 5.74) is -0.137. The minimum absolute atomic E-state index is 0.110. The third-order valence-corrected chi connectivity index (χ3v) is 4.33. The van der Waals surface area contributed by atoms with E-state index in [1.807, 2.05) is 0 Å². The number of nitriles is 1. The van der Waals surface area contributed by atoms with Crippen LogP contribution in [0, 0.1) is 23.7 Å². The number of terminal acetylenes is 1. The number of hydrogen-bond donors (Lipinski definition) is 1. The highest BCUT2D eigenvalue weighted by Crippen LogP contribution is 2.23. The maximum absolute atomic E-state index is 12.3. The Hall–Kier alpha value is -2.06. The summed E-state index contributed by atoms with van der Waals surface area (Å²) in [6, 6.07) is 5.40. The molecule has 1 aromatic carbocycles. The number of halogens is 1. The Labute approximate surface area is 121 Å². The Morgan fingerprint density at radius 1 is 1.50 bits per heavy atom. The van der Waals surface area contributed by atoms with Crippen LogP contribution in [0.25, 0.3) is 0 Å². The van der Waals surface area contributed by atoms with Crippen LogP contribution in [0.2, 0.25) is 5.02 Å². The van der Waals surface area contributed by atoms with Crippen molar-refractivity contribution in [2.75, 3.05) is 13.1 Å². The van der Waals surface area contributed by atoms with Crippen molar-refractivity contribution in [2.45, 2.75) is 4.90 Å². The first-order valence-electron chi connectivity index (χ1n) is 5.18. The molecule has 20 heavy (non-hydrogen) atoms. The van der Waals surface area contributed by atoms with Crippen molar-refractivity contribution >= 4 is 27.6 Å². The van der Waals surface area contributed by atoms with Crippen LogP contribution >= 0.6 is 11.6 Å². The summed E-state index contributed by atoms with van der Waals surface area (Å²) >= 11 is 5.72. The first-order chi connectivity index (χ1) is 9.32. The fourth-order valence-corrected chi connectivity index (χ4v) is 3.13. The molecule has 1 rings (SSSR count). The van der Waals surface area contributed by atoms with Gasteiger partial charge in [-0.2, -0.15) is 9.57 Å². The van der Waals surface area contributed by atoms with E-state index in [1.165, 1.54) is 12.1 Å². The summed E-state index contributed by atoms with van der Waals surface area (Å²) < 4.78 is 25.3. The standard InChI is InChI=1S/C12H9ClN2O4S/c1-2-5-15(8-12(16)17)20(18,19)11-6-10(13)4-3-9(11)7-14/h1,3-4,6H,5,8H2,(H,16,17). The lowest BCUT2D eigenvalue weighted by Crippen LogP contribution is -2.36. The average Bonchev–Trinajstić information content (AvgIpc) is 2.37. The molecule has 0 fully saturated rings. The lowest BCUT2D eigenvalue weighted by Gasteiger charge is -2.18. The normalized spacial score (nSPS) is 10.8. The molecule has 0 aliphatic carbocycles. The quantitative estimate of drug-likeness (QED) is 0.815. The average molecular weight is 313 g/mol. The minimum Gasteiger partial charge on any atom is -0.480 e. The zero-order chi connectivity index (χ0) is 15.3.